The minimum Gasteiger partial charge on any atom is -0.397 e. The van der Waals surface area contributed by atoms with Gasteiger partial charge in [0.25, 0.3) is 0 Å². The van der Waals surface area contributed by atoms with E-state index in [-0.39, 0.29) is 5.02 Å². The van der Waals surface area contributed by atoms with Crippen molar-refractivity contribution < 1.29 is 4.39 Å². The minimum atomic E-state index is -0.428. The Labute approximate surface area is 101 Å². The summed E-state index contributed by atoms with van der Waals surface area (Å²) in [6, 6.07) is 2.84. The number of rotatable bonds is 4. The summed E-state index contributed by atoms with van der Waals surface area (Å²) >= 11 is 5.64. The van der Waals surface area contributed by atoms with Gasteiger partial charge in [0.1, 0.15) is 5.82 Å². The number of hydrogen-bond acceptors (Lipinski definition) is 2. The maximum absolute atomic E-state index is 13.3. The van der Waals surface area contributed by atoms with Crippen LogP contribution in [0.2, 0.25) is 5.02 Å². The van der Waals surface area contributed by atoms with Crippen molar-refractivity contribution >= 4 is 23.0 Å². The zero-order valence-electron chi connectivity index (χ0n) is 9.93. The fraction of sp³-hybridized carbons (Fsp3) is 0.500. The lowest BCUT2D eigenvalue weighted by atomic mass is 10.1. The maximum Gasteiger partial charge on any atom is 0.144 e. The average molecular weight is 245 g/mol. The normalized spacial score (nSPS) is 10.9. The van der Waals surface area contributed by atoms with Gasteiger partial charge in [-0.2, -0.15) is 0 Å². The molecule has 0 saturated heterocycles. The highest BCUT2D eigenvalue weighted by molar-refractivity contribution is 6.31. The van der Waals surface area contributed by atoms with E-state index in [4.69, 9.17) is 17.3 Å². The molecule has 0 heterocycles. The van der Waals surface area contributed by atoms with E-state index in [1.54, 1.807) is 0 Å². The van der Waals surface area contributed by atoms with Gasteiger partial charge in [0, 0.05) is 19.7 Å². The van der Waals surface area contributed by atoms with Crippen molar-refractivity contribution in [1.82, 2.24) is 0 Å². The van der Waals surface area contributed by atoms with Crippen molar-refractivity contribution in [3.05, 3.63) is 23.0 Å². The zero-order chi connectivity index (χ0) is 12.3. The molecule has 0 radical (unpaired) electrons. The Morgan fingerprint density at radius 2 is 2.06 bits per heavy atom. The van der Waals surface area contributed by atoms with Gasteiger partial charge in [-0.25, -0.2) is 4.39 Å². The van der Waals surface area contributed by atoms with Crippen LogP contribution in [0.15, 0.2) is 12.1 Å². The van der Waals surface area contributed by atoms with Gasteiger partial charge in [0.05, 0.1) is 16.4 Å². The van der Waals surface area contributed by atoms with E-state index in [1.807, 2.05) is 11.9 Å². The first-order valence-electron chi connectivity index (χ1n) is 5.37. The van der Waals surface area contributed by atoms with Crippen LogP contribution in [0.3, 0.4) is 0 Å². The van der Waals surface area contributed by atoms with Crippen LogP contribution >= 0.6 is 11.6 Å². The Morgan fingerprint density at radius 1 is 1.44 bits per heavy atom. The largest absolute Gasteiger partial charge is 0.397 e. The molecule has 0 aromatic heterocycles. The van der Waals surface area contributed by atoms with E-state index < -0.39 is 5.82 Å². The first-order valence-corrected chi connectivity index (χ1v) is 5.75. The summed E-state index contributed by atoms with van der Waals surface area (Å²) in [6.07, 6.45) is 1.04. The van der Waals surface area contributed by atoms with Crippen LogP contribution in [0.5, 0.6) is 0 Å². The highest BCUT2D eigenvalue weighted by Crippen LogP contribution is 2.28. The lowest BCUT2D eigenvalue weighted by molar-refractivity contribution is 0.584. The van der Waals surface area contributed by atoms with E-state index in [1.165, 1.54) is 12.1 Å². The predicted octanol–water partition coefficient (Wildman–Crippen LogP) is 3.54. The lowest BCUT2D eigenvalue weighted by Gasteiger charge is -2.22. The van der Waals surface area contributed by atoms with Crippen LogP contribution in [0, 0.1) is 11.7 Å². The molecular weight excluding hydrogens is 227 g/mol. The third kappa shape index (κ3) is 3.27. The van der Waals surface area contributed by atoms with Crippen molar-refractivity contribution in [3.63, 3.8) is 0 Å². The van der Waals surface area contributed by atoms with Crippen LogP contribution in [0.1, 0.15) is 20.3 Å². The second-order valence-electron chi connectivity index (χ2n) is 4.43. The molecule has 0 saturated carbocycles. The molecular formula is C12H18ClFN2. The van der Waals surface area contributed by atoms with Crippen LogP contribution in [-0.2, 0) is 0 Å². The smallest absolute Gasteiger partial charge is 0.144 e. The molecule has 0 atom stereocenters. The molecule has 1 aromatic rings. The standard InChI is InChI=1S/C12H18ClFN2/c1-8(2)4-5-16(3)12-7-10(14)9(13)6-11(12)15/h6-8H,4-5,15H2,1-3H3. The lowest BCUT2D eigenvalue weighted by Crippen LogP contribution is -2.21. The molecule has 4 heteroatoms. The van der Waals surface area contributed by atoms with Crippen molar-refractivity contribution in [2.45, 2.75) is 20.3 Å². The molecule has 2 N–H and O–H groups in total. The number of hydrogen-bond donors (Lipinski definition) is 1. The molecule has 2 nitrogen and oxygen atoms in total. The molecule has 1 aromatic carbocycles. The first kappa shape index (κ1) is 13.1. The van der Waals surface area contributed by atoms with Gasteiger partial charge >= 0.3 is 0 Å². The SMILES string of the molecule is CC(C)CCN(C)c1cc(F)c(Cl)cc1N. The molecule has 0 unspecified atom stereocenters. The van der Waals surface area contributed by atoms with E-state index in [9.17, 15) is 4.39 Å². The Kier molecular flexibility index (Phi) is 4.42. The fourth-order valence-electron chi connectivity index (χ4n) is 1.45. The second-order valence-corrected chi connectivity index (χ2v) is 4.84. The highest BCUT2D eigenvalue weighted by Gasteiger charge is 2.10. The molecule has 0 aliphatic heterocycles. The average Bonchev–Trinajstić information content (AvgIpc) is 2.20. The van der Waals surface area contributed by atoms with Crippen LogP contribution in [0.4, 0.5) is 15.8 Å². The number of nitrogens with two attached hydrogens (primary N) is 1. The molecule has 0 fully saturated rings. The Hall–Kier alpha value is -0.960. The fourth-order valence-corrected chi connectivity index (χ4v) is 1.63. The van der Waals surface area contributed by atoms with Gasteiger partial charge in [-0.3, -0.25) is 0 Å². The van der Waals surface area contributed by atoms with Crippen LogP contribution in [0.25, 0.3) is 0 Å². The number of nitrogen functional groups attached to an aromatic ring is 1. The summed E-state index contributed by atoms with van der Waals surface area (Å²) in [5, 5.41) is 0.0681. The molecule has 0 aliphatic rings. The summed E-state index contributed by atoms with van der Waals surface area (Å²) in [4.78, 5) is 1.95. The van der Waals surface area contributed by atoms with Gasteiger partial charge in [-0.1, -0.05) is 25.4 Å². The Balaban J connectivity index is 2.82. The topological polar surface area (TPSA) is 29.3 Å². The van der Waals surface area contributed by atoms with Crippen molar-refractivity contribution in [3.8, 4) is 0 Å². The summed E-state index contributed by atoms with van der Waals surface area (Å²) in [7, 11) is 1.90. The number of anilines is 2. The summed E-state index contributed by atoms with van der Waals surface area (Å²) in [6.45, 7) is 5.15. The van der Waals surface area contributed by atoms with E-state index >= 15 is 0 Å². The molecule has 16 heavy (non-hydrogen) atoms. The summed E-state index contributed by atoms with van der Waals surface area (Å²) in [5.41, 5.74) is 7.01. The number of halogens is 2. The van der Waals surface area contributed by atoms with E-state index in [2.05, 4.69) is 13.8 Å². The summed E-state index contributed by atoms with van der Waals surface area (Å²) < 4.78 is 13.3. The third-order valence-corrected chi connectivity index (χ3v) is 2.81. The number of nitrogens with zero attached hydrogens (tertiary/aromatic N) is 1. The molecule has 90 valence electrons. The highest BCUT2D eigenvalue weighted by atomic mass is 35.5. The maximum atomic E-state index is 13.3. The first-order chi connectivity index (χ1) is 7.41. The van der Waals surface area contributed by atoms with Crippen molar-refractivity contribution in [2.75, 3.05) is 24.2 Å². The molecule has 1 rings (SSSR count). The molecule has 0 amide bonds. The van der Waals surface area contributed by atoms with Gasteiger partial charge in [-0.15, -0.1) is 0 Å². The number of benzene rings is 1. The van der Waals surface area contributed by atoms with Crippen LogP contribution < -0.4 is 10.6 Å². The van der Waals surface area contributed by atoms with E-state index in [0.717, 1.165) is 13.0 Å². The Morgan fingerprint density at radius 3 is 2.62 bits per heavy atom. The van der Waals surface area contributed by atoms with Crippen molar-refractivity contribution in [1.29, 1.82) is 0 Å². The summed E-state index contributed by atoms with van der Waals surface area (Å²) in [5.74, 6) is 0.183. The molecule has 0 aliphatic carbocycles. The quantitative estimate of drug-likeness (QED) is 0.821. The van der Waals surface area contributed by atoms with Gasteiger partial charge < -0.3 is 10.6 Å². The minimum absolute atomic E-state index is 0.0681. The van der Waals surface area contributed by atoms with E-state index in [0.29, 0.717) is 17.3 Å². The van der Waals surface area contributed by atoms with Gasteiger partial charge in [-0.05, 0) is 18.4 Å². The van der Waals surface area contributed by atoms with Gasteiger partial charge in [0.15, 0.2) is 0 Å². The Bertz CT molecular complexity index is 366. The third-order valence-electron chi connectivity index (χ3n) is 2.52. The monoisotopic (exact) mass is 244 g/mol. The molecule has 0 bridgehead atoms. The van der Waals surface area contributed by atoms with Crippen molar-refractivity contribution in [2.24, 2.45) is 5.92 Å². The second kappa shape index (κ2) is 5.39. The predicted molar refractivity (Wildman–Crippen MR) is 68.5 cm³/mol. The zero-order valence-corrected chi connectivity index (χ0v) is 10.7. The van der Waals surface area contributed by atoms with Gasteiger partial charge in [0.2, 0.25) is 0 Å². The molecule has 0 spiro atoms. The van der Waals surface area contributed by atoms with Crippen LogP contribution in [-0.4, -0.2) is 13.6 Å².